The molecule has 2 heterocycles. The molecule has 1 saturated heterocycles. The van der Waals surface area contributed by atoms with E-state index in [-0.39, 0.29) is 43.4 Å². The third-order valence-electron chi connectivity index (χ3n) is 2.88. The molecule has 0 atom stereocenters. The van der Waals surface area contributed by atoms with E-state index in [0.717, 1.165) is 0 Å². The molecular formula is C10H12N4O4. The first-order valence-electron chi connectivity index (χ1n) is 5.47. The third kappa shape index (κ3) is 2.08. The molecule has 1 aromatic heterocycles. The van der Waals surface area contributed by atoms with Crippen LogP contribution >= 0.6 is 0 Å². The molecule has 8 heteroatoms. The molecule has 0 bridgehead atoms. The summed E-state index contributed by atoms with van der Waals surface area (Å²) in [5.41, 5.74) is 0.288. The lowest BCUT2D eigenvalue weighted by atomic mass is 10.3. The second-order valence-corrected chi connectivity index (χ2v) is 3.99. The van der Waals surface area contributed by atoms with E-state index in [1.165, 1.54) is 9.58 Å². The molecular weight excluding hydrogens is 240 g/mol. The molecule has 0 saturated carbocycles. The molecule has 0 spiro atoms. The van der Waals surface area contributed by atoms with E-state index in [0.29, 0.717) is 5.69 Å². The van der Waals surface area contributed by atoms with Gasteiger partial charge in [-0.25, -0.2) is 9.48 Å². The number of carbonyl (C=O) groups is 3. The molecule has 1 N–H and O–H groups in total. The first kappa shape index (κ1) is 12.2. The van der Waals surface area contributed by atoms with Gasteiger partial charge in [-0.3, -0.25) is 14.5 Å². The molecule has 0 aliphatic carbocycles. The zero-order valence-corrected chi connectivity index (χ0v) is 9.79. The molecule has 1 fully saturated rings. The smallest absolute Gasteiger partial charge is 0.358 e. The number of carbonyl (C=O) groups excluding carboxylic acids is 2. The predicted molar refractivity (Wildman–Crippen MR) is 57.7 cm³/mol. The number of hydrogen-bond donors (Lipinski definition) is 1. The Bertz CT molecular complexity index is 506. The average molecular weight is 252 g/mol. The number of carboxylic acid groups (broad SMARTS) is 1. The summed E-state index contributed by atoms with van der Waals surface area (Å²) in [4.78, 5) is 34.7. The molecule has 1 aliphatic heterocycles. The van der Waals surface area contributed by atoms with Crippen LogP contribution in [-0.2, 0) is 16.1 Å². The van der Waals surface area contributed by atoms with Gasteiger partial charge in [0.1, 0.15) is 0 Å². The van der Waals surface area contributed by atoms with E-state index in [4.69, 9.17) is 5.11 Å². The Morgan fingerprint density at radius 3 is 2.39 bits per heavy atom. The monoisotopic (exact) mass is 252 g/mol. The molecule has 18 heavy (non-hydrogen) atoms. The number of hydrogen-bond acceptors (Lipinski definition) is 5. The van der Waals surface area contributed by atoms with Gasteiger partial charge in [0, 0.05) is 19.4 Å². The highest BCUT2D eigenvalue weighted by Crippen LogP contribution is 2.12. The van der Waals surface area contributed by atoms with E-state index in [9.17, 15) is 14.4 Å². The summed E-state index contributed by atoms with van der Waals surface area (Å²) in [6.45, 7) is 2.03. The van der Waals surface area contributed by atoms with Gasteiger partial charge in [0.05, 0.1) is 12.2 Å². The number of aromatic nitrogens is 3. The maximum absolute atomic E-state index is 11.4. The predicted octanol–water partition coefficient (Wildman–Crippen LogP) is -0.566. The Morgan fingerprint density at radius 1 is 1.28 bits per heavy atom. The summed E-state index contributed by atoms with van der Waals surface area (Å²) < 4.78 is 1.38. The van der Waals surface area contributed by atoms with Crippen molar-refractivity contribution < 1.29 is 19.5 Å². The highest BCUT2D eigenvalue weighted by Gasteiger charge is 2.28. The maximum Gasteiger partial charge on any atom is 0.358 e. The molecule has 1 aliphatic rings. The van der Waals surface area contributed by atoms with Crippen LogP contribution in [0.1, 0.15) is 29.0 Å². The number of nitrogens with zero attached hydrogens (tertiary/aromatic N) is 4. The van der Waals surface area contributed by atoms with Crippen LogP contribution in [0.3, 0.4) is 0 Å². The zero-order chi connectivity index (χ0) is 13.3. The fourth-order valence-electron chi connectivity index (χ4n) is 1.84. The van der Waals surface area contributed by atoms with Gasteiger partial charge in [-0.05, 0) is 6.92 Å². The van der Waals surface area contributed by atoms with Gasteiger partial charge < -0.3 is 5.11 Å². The summed E-state index contributed by atoms with van der Waals surface area (Å²) in [6.07, 6.45) is 0.491. The van der Waals surface area contributed by atoms with Crippen LogP contribution in [0.2, 0.25) is 0 Å². The summed E-state index contributed by atoms with van der Waals surface area (Å²) in [5.74, 6) is -1.54. The van der Waals surface area contributed by atoms with Crippen LogP contribution in [0.5, 0.6) is 0 Å². The van der Waals surface area contributed by atoms with Crippen LogP contribution < -0.4 is 0 Å². The number of imide groups is 1. The minimum atomic E-state index is -1.15. The third-order valence-corrected chi connectivity index (χ3v) is 2.88. The van der Waals surface area contributed by atoms with E-state index in [1.54, 1.807) is 6.92 Å². The lowest BCUT2D eigenvalue weighted by Crippen LogP contribution is -2.32. The number of likely N-dealkylation sites (tertiary alicyclic amines) is 1. The number of carboxylic acids is 1. The van der Waals surface area contributed by atoms with Crippen LogP contribution in [0.15, 0.2) is 0 Å². The van der Waals surface area contributed by atoms with Crippen molar-refractivity contribution in [3.05, 3.63) is 11.4 Å². The van der Waals surface area contributed by atoms with E-state index in [1.807, 2.05) is 0 Å². The van der Waals surface area contributed by atoms with Crippen molar-refractivity contribution in [1.29, 1.82) is 0 Å². The maximum atomic E-state index is 11.4. The van der Waals surface area contributed by atoms with Gasteiger partial charge in [-0.2, -0.15) is 0 Å². The van der Waals surface area contributed by atoms with Crippen molar-refractivity contribution in [2.45, 2.75) is 26.3 Å². The standard InChI is InChI=1S/C10H12N4O4/c1-6-9(10(17)18)11-12-14(6)5-4-13-7(15)2-3-8(13)16/h2-5H2,1H3,(H,17,18). The second-order valence-electron chi connectivity index (χ2n) is 3.99. The summed E-state index contributed by atoms with van der Waals surface area (Å²) in [7, 11) is 0. The second kappa shape index (κ2) is 4.55. The topological polar surface area (TPSA) is 105 Å². The van der Waals surface area contributed by atoms with Gasteiger partial charge in [-0.1, -0.05) is 5.21 Å². The molecule has 2 amide bonds. The Hall–Kier alpha value is -2.25. The SMILES string of the molecule is Cc1c(C(=O)O)nnn1CCN1C(=O)CCC1=O. The molecule has 1 aromatic rings. The first-order chi connectivity index (χ1) is 8.50. The van der Waals surface area contributed by atoms with Crippen LogP contribution in [0, 0.1) is 6.92 Å². The fourth-order valence-corrected chi connectivity index (χ4v) is 1.84. The van der Waals surface area contributed by atoms with Crippen LogP contribution in [0.4, 0.5) is 0 Å². The van der Waals surface area contributed by atoms with Gasteiger partial charge in [0.25, 0.3) is 0 Å². The Morgan fingerprint density at radius 2 is 1.89 bits per heavy atom. The molecule has 0 radical (unpaired) electrons. The molecule has 8 nitrogen and oxygen atoms in total. The van der Waals surface area contributed by atoms with Crippen molar-refractivity contribution in [2.24, 2.45) is 0 Å². The molecule has 0 aromatic carbocycles. The van der Waals surface area contributed by atoms with Gasteiger partial charge >= 0.3 is 5.97 Å². The number of amides is 2. The van der Waals surface area contributed by atoms with E-state index in [2.05, 4.69) is 10.3 Å². The largest absolute Gasteiger partial charge is 0.476 e. The quantitative estimate of drug-likeness (QED) is 0.719. The Labute approximate surface area is 102 Å². The van der Waals surface area contributed by atoms with E-state index < -0.39 is 5.97 Å². The van der Waals surface area contributed by atoms with Crippen LogP contribution in [0.25, 0.3) is 0 Å². The zero-order valence-electron chi connectivity index (χ0n) is 9.79. The number of aromatic carboxylic acids is 1. The Kier molecular flexibility index (Phi) is 3.09. The van der Waals surface area contributed by atoms with Crippen molar-refractivity contribution in [3.8, 4) is 0 Å². The van der Waals surface area contributed by atoms with E-state index >= 15 is 0 Å². The Balaban J connectivity index is 2.05. The van der Waals surface area contributed by atoms with Gasteiger partial charge in [0.15, 0.2) is 5.69 Å². The average Bonchev–Trinajstić information content (AvgIpc) is 2.82. The van der Waals surface area contributed by atoms with Crippen molar-refractivity contribution >= 4 is 17.8 Å². The van der Waals surface area contributed by atoms with Gasteiger partial charge in [-0.15, -0.1) is 5.10 Å². The number of rotatable bonds is 4. The lowest BCUT2D eigenvalue weighted by Gasteiger charge is -2.13. The highest BCUT2D eigenvalue weighted by molar-refractivity contribution is 6.01. The normalized spacial score (nSPS) is 15.5. The lowest BCUT2D eigenvalue weighted by molar-refractivity contribution is -0.138. The molecule has 0 unspecified atom stereocenters. The van der Waals surface area contributed by atoms with Crippen molar-refractivity contribution in [3.63, 3.8) is 0 Å². The van der Waals surface area contributed by atoms with Crippen molar-refractivity contribution in [2.75, 3.05) is 6.54 Å². The molecule has 2 rings (SSSR count). The minimum absolute atomic E-state index is 0.117. The van der Waals surface area contributed by atoms with Gasteiger partial charge in [0.2, 0.25) is 11.8 Å². The highest BCUT2D eigenvalue weighted by atomic mass is 16.4. The molecule has 96 valence electrons. The summed E-state index contributed by atoms with van der Waals surface area (Å²) in [6, 6.07) is 0. The minimum Gasteiger partial charge on any atom is -0.476 e. The first-order valence-corrected chi connectivity index (χ1v) is 5.47. The summed E-state index contributed by atoms with van der Waals surface area (Å²) in [5, 5.41) is 16.0. The van der Waals surface area contributed by atoms with Crippen molar-refractivity contribution in [1.82, 2.24) is 19.9 Å². The van der Waals surface area contributed by atoms with Crippen LogP contribution in [-0.4, -0.2) is 49.3 Å². The fraction of sp³-hybridized carbons (Fsp3) is 0.500. The summed E-state index contributed by atoms with van der Waals surface area (Å²) >= 11 is 0.